The Morgan fingerprint density at radius 3 is 2.85 bits per heavy atom. The molecule has 1 aliphatic heterocycles. The zero-order valence-electron chi connectivity index (χ0n) is 10.9. The number of halogens is 1. The average Bonchev–Trinajstić information content (AvgIpc) is 2.69. The van der Waals surface area contributed by atoms with E-state index >= 15 is 0 Å². The molecule has 0 bridgehead atoms. The van der Waals surface area contributed by atoms with Crippen LogP contribution in [0, 0.1) is 0 Å². The molecule has 2 aromatic carbocycles. The zero-order chi connectivity index (χ0) is 13.9. The van der Waals surface area contributed by atoms with Crippen molar-refractivity contribution in [2.75, 3.05) is 18.1 Å². The molecular weight excluding hydrogens is 318 g/mol. The second kappa shape index (κ2) is 5.67. The van der Waals surface area contributed by atoms with E-state index in [0.29, 0.717) is 12.2 Å². The van der Waals surface area contributed by atoms with Crippen molar-refractivity contribution in [3.8, 4) is 5.75 Å². The maximum Gasteiger partial charge on any atom is 0.151 e. The van der Waals surface area contributed by atoms with Crippen molar-refractivity contribution in [3.63, 3.8) is 0 Å². The standard InChI is InChI=1S/C16H14BrNO2/c17-15-9-14(6-5-13(15)11-19)18-7-8-20-16-4-2-1-3-12(16)10-18/h1-6,9,11H,7-8,10H2. The van der Waals surface area contributed by atoms with Gasteiger partial charge in [0.05, 0.1) is 6.54 Å². The smallest absolute Gasteiger partial charge is 0.151 e. The minimum Gasteiger partial charge on any atom is -0.491 e. The van der Waals surface area contributed by atoms with E-state index in [0.717, 1.165) is 35.3 Å². The van der Waals surface area contributed by atoms with Crippen LogP contribution in [-0.4, -0.2) is 19.4 Å². The third-order valence-corrected chi connectivity index (χ3v) is 4.12. The Balaban J connectivity index is 1.91. The summed E-state index contributed by atoms with van der Waals surface area (Å²) in [6.07, 6.45) is 0.856. The van der Waals surface area contributed by atoms with Crippen molar-refractivity contribution in [1.82, 2.24) is 0 Å². The quantitative estimate of drug-likeness (QED) is 0.786. The highest BCUT2D eigenvalue weighted by atomic mass is 79.9. The molecule has 2 aromatic rings. The fourth-order valence-corrected chi connectivity index (χ4v) is 2.81. The van der Waals surface area contributed by atoms with Gasteiger partial charge in [-0.25, -0.2) is 0 Å². The second-order valence-corrected chi connectivity index (χ2v) is 5.56. The molecule has 0 saturated carbocycles. The highest BCUT2D eigenvalue weighted by Gasteiger charge is 2.15. The van der Waals surface area contributed by atoms with Crippen molar-refractivity contribution >= 4 is 27.9 Å². The van der Waals surface area contributed by atoms with Crippen LogP contribution in [0.5, 0.6) is 5.75 Å². The van der Waals surface area contributed by atoms with Gasteiger partial charge in [-0.05, 0) is 40.2 Å². The van der Waals surface area contributed by atoms with Crippen LogP contribution in [0.25, 0.3) is 0 Å². The van der Waals surface area contributed by atoms with Crippen LogP contribution in [0.1, 0.15) is 15.9 Å². The molecule has 0 fully saturated rings. The molecule has 0 aromatic heterocycles. The first-order valence-electron chi connectivity index (χ1n) is 6.48. The summed E-state index contributed by atoms with van der Waals surface area (Å²) in [5.74, 6) is 0.957. The highest BCUT2D eigenvalue weighted by molar-refractivity contribution is 9.10. The molecule has 0 amide bonds. The van der Waals surface area contributed by atoms with Crippen molar-refractivity contribution in [2.24, 2.45) is 0 Å². The molecule has 3 nitrogen and oxygen atoms in total. The maximum atomic E-state index is 10.9. The molecule has 3 rings (SSSR count). The van der Waals surface area contributed by atoms with Gasteiger partial charge in [0.2, 0.25) is 0 Å². The van der Waals surface area contributed by atoms with E-state index in [1.54, 1.807) is 0 Å². The van der Waals surface area contributed by atoms with Crippen molar-refractivity contribution in [3.05, 3.63) is 58.1 Å². The van der Waals surface area contributed by atoms with E-state index in [4.69, 9.17) is 4.74 Å². The molecule has 1 aliphatic rings. The Labute approximate surface area is 126 Å². The van der Waals surface area contributed by atoms with Crippen LogP contribution in [0.2, 0.25) is 0 Å². The summed E-state index contributed by atoms with van der Waals surface area (Å²) < 4.78 is 6.59. The predicted octanol–water partition coefficient (Wildman–Crippen LogP) is 3.66. The van der Waals surface area contributed by atoms with Crippen LogP contribution in [0.3, 0.4) is 0 Å². The number of hydrogen-bond acceptors (Lipinski definition) is 3. The maximum absolute atomic E-state index is 10.9. The SMILES string of the molecule is O=Cc1ccc(N2CCOc3ccccc3C2)cc1Br. The number of fused-ring (bicyclic) bond motifs is 1. The largest absolute Gasteiger partial charge is 0.491 e. The zero-order valence-corrected chi connectivity index (χ0v) is 12.5. The molecule has 0 unspecified atom stereocenters. The molecular formula is C16H14BrNO2. The number of anilines is 1. The number of nitrogens with zero attached hydrogens (tertiary/aromatic N) is 1. The topological polar surface area (TPSA) is 29.5 Å². The Hall–Kier alpha value is -1.81. The number of benzene rings is 2. The van der Waals surface area contributed by atoms with E-state index in [1.165, 1.54) is 5.56 Å². The van der Waals surface area contributed by atoms with Gasteiger partial charge in [-0.15, -0.1) is 0 Å². The number of ether oxygens (including phenoxy) is 1. The van der Waals surface area contributed by atoms with Gasteiger partial charge in [0.1, 0.15) is 12.4 Å². The molecule has 0 aliphatic carbocycles. The number of hydrogen-bond donors (Lipinski definition) is 0. The lowest BCUT2D eigenvalue weighted by atomic mass is 10.1. The van der Waals surface area contributed by atoms with E-state index < -0.39 is 0 Å². The van der Waals surface area contributed by atoms with Crippen LogP contribution >= 0.6 is 15.9 Å². The van der Waals surface area contributed by atoms with Gasteiger partial charge >= 0.3 is 0 Å². The van der Waals surface area contributed by atoms with Gasteiger partial charge in [0.25, 0.3) is 0 Å². The normalized spacial score (nSPS) is 14.2. The summed E-state index contributed by atoms with van der Waals surface area (Å²) in [4.78, 5) is 13.1. The van der Waals surface area contributed by atoms with Crippen LogP contribution in [-0.2, 0) is 6.54 Å². The van der Waals surface area contributed by atoms with E-state index in [9.17, 15) is 4.79 Å². The first-order chi connectivity index (χ1) is 9.78. The summed E-state index contributed by atoms with van der Waals surface area (Å²) in [5, 5.41) is 0. The fourth-order valence-electron chi connectivity index (χ4n) is 2.35. The van der Waals surface area contributed by atoms with Crippen molar-refractivity contribution in [1.29, 1.82) is 0 Å². The van der Waals surface area contributed by atoms with Crippen LogP contribution in [0.15, 0.2) is 46.9 Å². The first kappa shape index (κ1) is 13.2. The summed E-state index contributed by atoms with van der Waals surface area (Å²) in [5.41, 5.74) is 2.93. The molecule has 102 valence electrons. The lowest BCUT2D eigenvalue weighted by Gasteiger charge is -2.22. The Kier molecular flexibility index (Phi) is 3.74. The Morgan fingerprint density at radius 2 is 2.05 bits per heavy atom. The molecule has 20 heavy (non-hydrogen) atoms. The molecule has 0 radical (unpaired) electrons. The van der Waals surface area contributed by atoms with Gasteiger partial charge in [0.15, 0.2) is 6.29 Å². The van der Waals surface area contributed by atoms with Crippen molar-refractivity contribution < 1.29 is 9.53 Å². The number of carbonyl (C=O) groups excluding carboxylic acids is 1. The molecule has 0 spiro atoms. The van der Waals surface area contributed by atoms with Gasteiger partial charge in [-0.1, -0.05) is 18.2 Å². The summed E-state index contributed by atoms with van der Waals surface area (Å²) in [7, 11) is 0. The molecule has 0 saturated heterocycles. The molecule has 0 atom stereocenters. The number of para-hydroxylation sites is 1. The third-order valence-electron chi connectivity index (χ3n) is 3.43. The average molecular weight is 332 g/mol. The van der Waals surface area contributed by atoms with E-state index in [-0.39, 0.29) is 0 Å². The minimum atomic E-state index is 0.657. The summed E-state index contributed by atoms with van der Waals surface area (Å²) >= 11 is 3.44. The predicted molar refractivity (Wildman–Crippen MR) is 82.5 cm³/mol. The summed E-state index contributed by atoms with van der Waals surface area (Å²) in [6.45, 7) is 2.29. The second-order valence-electron chi connectivity index (χ2n) is 4.70. The highest BCUT2D eigenvalue weighted by Crippen LogP contribution is 2.28. The Morgan fingerprint density at radius 1 is 1.20 bits per heavy atom. The molecule has 1 heterocycles. The van der Waals surface area contributed by atoms with Gasteiger partial charge in [-0.3, -0.25) is 4.79 Å². The third kappa shape index (κ3) is 2.56. The Bertz CT molecular complexity index is 642. The van der Waals surface area contributed by atoms with Gasteiger partial charge in [-0.2, -0.15) is 0 Å². The summed E-state index contributed by atoms with van der Waals surface area (Å²) in [6, 6.07) is 13.9. The van der Waals surface area contributed by atoms with E-state index in [1.807, 2.05) is 36.4 Å². The van der Waals surface area contributed by atoms with Gasteiger partial charge < -0.3 is 9.64 Å². The number of carbonyl (C=O) groups is 1. The number of aldehydes is 1. The first-order valence-corrected chi connectivity index (χ1v) is 7.27. The lowest BCUT2D eigenvalue weighted by Crippen LogP contribution is -2.25. The van der Waals surface area contributed by atoms with E-state index in [2.05, 4.69) is 26.9 Å². The molecule has 0 N–H and O–H groups in total. The monoisotopic (exact) mass is 331 g/mol. The van der Waals surface area contributed by atoms with Gasteiger partial charge in [0, 0.05) is 27.8 Å². The van der Waals surface area contributed by atoms with Crippen molar-refractivity contribution in [2.45, 2.75) is 6.54 Å². The van der Waals surface area contributed by atoms with Crippen LogP contribution in [0.4, 0.5) is 5.69 Å². The number of rotatable bonds is 2. The lowest BCUT2D eigenvalue weighted by molar-refractivity contribution is 0.112. The van der Waals surface area contributed by atoms with Crippen LogP contribution < -0.4 is 9.64 Å². The fraction of sp³-hybridized carbons (Fsp3) is 0.188. The molecule has 4 heteroatoms. The minimum absolute atomic E-state index is 0.657.